The van der Waals surface area contributed by atoms with Crippen molar-refractivity contribution < 1.29 is 80.2 Å². The van der Waals surface area contributed by atoms with Crippen LogP contribution in [0.3, 0.4) is 0 Å². The average molecular weight is 1440 g/mol. The van der Waals surface area contributed by atoms with Crippen LogP contribution in [0.5, 0.6) is 0 Å². The molecule has 0 aliphatic heterocycles. The van der Waals surface area contributed by atoms with E-state index >= 15 is 0 Å². The van der Waals surface area contributed by atoms with Crippen molar-refractivity contribution in [3.8, 4) is 0 Å². The summed E-state index contributed by atoms with van der Waals surface area (Å²) in [4.78, 5) is 72.6. The van der Waals surface area contributed by atoms with Gasteiger partial charge >= 0.3 is 39.5 Å². The first-order valence-corrected chi connectivity index (χ1v) is 44.0. The van der Waals surface area contributed by atoms with Crippen molar-refractivity contribution in [3.05, 3.63) is 0 Å². The zero-order chi connectivity index (χ0) is 72.1. The number of carbonyl (C=O) groups is 4. The number of carbonyl (C=O) groups excluding carboxylic acids is 4. The summed E-state index contributed by atoms with van der Waals surface area (Å²) in [5.41, 5.74) is 0. The van der Waals surface area contributed by atoms with Crippen molar-refractivity contribution in [1.29, 1.82) is 0 Å². The van der Waals surface area contributed by atoms with Crippen molar-refractivity contribution in [2.45, 2.75) is 432 Å². The summed E-state index contributed by atoms with van der Waals surface area (Å²) in [6.07, 6.45) is 60.3. The summed E-state index contributed by atoms with van der Waals surface area (Å²) < 4.78 is 68.3. The van der Waals surface area contributed by atoms with Gasteiger partial charge in [0.1, 0.15) is 19.3 Å². The number of aliphatic hydroxyl groups excluding tert-OH is 1. The fraction of sp³-hybridized carbons (Fsp3) is 0.949. The number of unbranched alkanes of at least 4 members (excludes halogenated alkanes) is 48. The number of ether oxygens (including phenoxy) is 4. The van der Waals surface area contributed by atoms with Crippen LogP contribution in [0.4, 0.5) is 0 Å². The molecule has 0 spiro atoms. The van der Waals surface area contributed by atoms with Gasteiger partial charge < -0.3 is 33.8 Å². The van der Waals surface area contributed by atoms with Crippen LogP contribution in [0.25, 0.3) is 0 Å². The van der Waals surface area contributed by atoms with Gasteiger partial charge in [-0.1, -0.05) is 363 Å². The Morgan fingerprint density at radius 1 is 0.276 bits per heavy atom. The lowest BCUT2D eigenvalue weighted by molar-refractivity contribution is -0.161. The van der Waals surface area contributed by atoms with E-state index in [0.29, 0.717) is 25.7 Å². The summed E-state index contributed by atoms with van der Waals surface area (Å²) in [5, 5.41) is 10.6. The smallest absolute Gasteiger partial charge is 0.462 e. The van der Waals surface area contributed by atoms with Crippen molar-refractivity contribution in [3.63, 3.8) is 0 Å². The number of phosphoric ester groups is 2. The van der Waals surface area contributed by atoms with E-state index in [1.165, 1.54) is 225 Å². The third kappa shape index (κ3) is 72.4. The minimum Gasteiger partial charge on any atom is -0.462 e. The Hall–Kier alpha value is -1.94. The maximum atomic E-state index is 13.1. The first-order valence-electron chi connectivity index (χ1n) is 41.0. The molecule has 0 aliphatic carbocycles. The molecule has 0 fully saturated rings. The first-order chi connectivity index (χ1) is 47.4. The second-order valence-corrected chi connectivity index (χ2v) is 32.3. The van der Waals surface area contributed by atoms with Crippen LogP contribution in [0.2, 0.25) is 0 Å². The molecule has 0 saturated carbocycles. The third-order valence-electron chi connectivity index (χ3n) is 18.5. The van der Waals surface area contributed by atoms with Crippen LogP contribution in [0, 0.1) is 11.8 Å². The van der Waals surface area contributed by atoms with E-state index in [4.69, 9.17) is 37.0 Å². The molecular formula is C79H154O17P2. The molecule has 3 N–H and O–H groups in total. The molecule has 17 nitrogen and oxygen atoms in total. The number of esters is 4. The Morgan fingerprint density at radius 3 is 0.694 bits per heavy atom. The van der Waals surface area contributed by atoms with Gasteiger partial charge in [0.05, 0.1) is 26.4 Å². The average Bonchev–Trinajstić information content (AvgIpc) is 1.05. The van der Waals surface area contributed by atoms with Crippen LogP contribution in [0.1, 0.15) is 414 Å². The van der Waals surface area contributed by atoms with Gasteiger partial charge in [-0.15, -0.1) is 0 Å². The second-order valence-electron chi connectivity index (χ2n) is 29.4. The molecule has 582 valence electrons. The lowest BCUT2D eigenvalue weighted by Crippen LogP contribution is -2.30. The van der Waals surface area contributed by atoms with Crippen molar-refractivity contribution in [2.24, 2.45) is 11.8 Å². The van der Waals surface area contributed by atoms with Gasteiger partial charge in [-0.05, 0) is 37.5 Å². The van der Waals surface area contributed by atoms with Crippen LogP contribution in [-0.2, 0) is 65.4 Å². The van der Waals surface area contributed by atoms with Gasteiger partial charge in [0.2, 0.25) is 0 Å². The fourth-order valence-electron chi connectivity index (χ4n) is 12.2. The maximum absolute atomic E-state index is 13.1. The quantitative estimate of drug-likeness (QED) is 0.0222. The third-order valence-corrected chi connectivity index (χ3v) is 20.4. The Labute approximate surface area is 600 Å². The van der Waals surface area contributed by atoms with Crippen LogP contribution < -0.4 is 0 Å². The molecule has 0 aromatic rings. The molecule has 0 bridgehead atoms. The number of rotatable bonds is 78. The number of hydrogen-bond donors (Lipinski definition) is 3. The van der Waals surface area contributed by atoms with Crippen LogP contribution in [-0.4, -0.2) is 96.7 Å². The standard InChI is InChI=1S/C79H154O17P2/c1-7-9-11-13-14-15-32-40-45-51-57-63-78(83)95-74(67-89-76(81)61-55-47-12-10-8-2)69-93-97(85,86)91-65-73(80)66-92-98(87,88)94-70-75(96-79(84)64-58-52-46-41-36-31-27-23-19-17-21-25-29-34-38-43-49-54-60-72(5)6)68-90-77(82)62-56-50-44-39-35-30-26-22-18-16-20-24-28-33-37-42-48-53-59-71(3)4/h71-75,80H,7-70H2,1-6H3,(H,85,86)(H,87,88)/t73-,74+,75+/m0/s1. The summed E-state index contributed by atoms with van der Waals surface area (Å²) in [6.45, 7) is 9.59. The highest BCUT2D eigenvalue weighted by Gasteiger charge is 2.30. The topological polar surface area (TPSA) is 237 Å². The molecule has 0 heterocycles. The van der Waals surface area contributed by atoms with E-state index in [1.54, 1.807) is 0 Å². The number of phosphoric acid groups is 2. The largest absolute Gasteiger partial charge is 0.472 e. The van der Waals surface area contributed by atoms with E-state index in [-0.39, 0.29) is 25.7 Å². The zero-order valence-electron chi connectivity index (χ0n) is 64.1. The molecule has 0 saturated heterocycles. The molecule has 0 aromatic heterocycles. The van der Waals surface area contributed by atoms with Crippen molar-refractivity contribution in [1.82, 2.24) is 0 Å². The molecule has 2 unspecified atom stereocenters. The van der Waals surface area contributed by atoms with E-state index in [1.807, 2.05) is 0 Å². The lowest BCUT2D eigenvalue weighted by atomic mass is 10.0. The minimum absolute atomic E-state index is 0.106. The van der Waals surface area contributed by atoms with Crippen molar-refractivity contribution in [2.75, 3.05) is 39.6 Å². The molecule has 5 atom stereocenters. The van der Waals surface area contributed by atoms with Gasteiger partial charge in [-0.3, -0.25) is 37.3 Å². The van der Waals surface area contributed by atoms with Gasteiger partial charge in [-0.25, -0.2) is 9.13 Å². The maximum Gasteiger partial charge on any atom is 0.472 e. The summed E-state index contributed by atoms with van der Waals surface area (Å²) >= 11 is 0. The zero-order valence-corrected chi connectivity index (χ0v) is 65.9. The van der Waals surface area contributed by atoms with Gasteiger partial charge in [0.15, 0.2) is 12.2 Å². The predicted octanol–water partition coefficient (Wildman–Crippen LogP) is 23.5. The molecular weight excluding hydrogens is 1280 g/mol. The minimum atomic E-state index is -4.96. The highest BCUT2D eigenvalue weighted by Crippen LogP contribution is 2.45. The molecule has 0 radical (unpaired) electrons. The van der Waals surface area contributed by atoms with Crippen molar-refractivity contribution >= 4 is 39.5 Å². The van der Waals surface area contributed by atoms with E-state index < -0.39 is 97.5 Å². The lowest BCUT2D eigenvalue weighted by Gasteiger charge is -2.21. The van der Waals surface area contributed by atoms with Gasteiger partial charge in [0, 0.05) is 25.7 Å². The number of aliphatic hydroxyl groups is 1. The van der Waals surface area contributed by atoms with Gasteiger partial charge in [0.25, 0.3) is 0 Å². The SMILES string of the molecule is CCCCCCCCCCCCCC(=O)O[C@H](COC(=O)CCCCCCC)COP(=O)(O)OC[C@H](O)COP(=O)(O)OC[C@@H](COC(=O)CCCCCCCCCCCCCCCCCCCCC(C)C)OC(=O)CCCCCCCCCCCCCCCCCCCCC(C)C. The Bertz CT molecular complexity index is 1890. The van der Waals surface area contributed by atoms with Crippen LogP contribution >= 0.6 is 15.6 Å². The summed E-state index contributed by atoms with van der Waals surface area (Å²) in [7, 11) is -9.90. The molecule has 0 aliphatic rings. The molecule has 19 heteroatoms. The highest BCUT2D eigenvalue weighted by molar-refractivity contribution is 7.47. The van der Waals surface area contributed by atoms with Crippen LogP contribution in [0.15, 0.2) is 0 Å². The molecule has 0 aromatic carbocycles. The van der Waals surface area contributed by atoms with E-state index in [9.17, 15) is 43.2 Å². The van der Waals surface area contributed by atoms with E-state index in [2.05, 4.69) is 41.5 Å². The monoisotopic (exact) mass is 1440 g/mol. The second kappa shape index (κ2) is 70.7. The van der Waals surface area contributed by atoms with E-state index in [0.717, 1.165) is 108 Å². The van der Waals surface area contributed by atoms with Gasteiger partial charge in [-0.2, -0.15) is 0 Å². The summed E-state index contributed by atoms with van der Waals surface area (Å²) in [5.74, 6) is -0.480. The fourth-order valence-corrected chi connectivity index (χ4v) is 13.8. The Balaban J connectivity index is 5.10. The normalized spacial score (nSPS) is 13.9. The summed E-state index contributed by atoms with van der Waals surface area (Å²) in [6, 6.07) is 0. The molecule has 0 amide bonds. The first kappa shape index (κ1) is 96.1. The Morgan fingerprint density at radius 2 is 0.469 bits per heavy atom. The molecule has 98 heavy (non-hydrogen) atoms. The Kier molecular flexibility index (Phi) is 69.3. The number of hydrogen-bond acceptors (Lipinski definition) is 15. The predicted molar refractivity (Wildman–Crippen MR) is 400 cm³/mol. The molecule has 0 rings (SSSR count). The highest BCUT2D eigenvalue weighted by atomic mass is 31.2.